The molecule has 1 saturated heterocycles. The summed E-state index contributed by atoms with van der Waals surface area (Å²) in [5.41, 5.74) is 1.28. The van der Waals surface area contributed by atoms with Gasteiger partial charge in [-0.3, -0.25) is 9.78 Å². The monoisotopic (exact) mass is 341 g/mol. The molecule has 1 aliphatic heterocycles. The van der Waals surface area contributed by atoms with E-state index in [1.807, 2.05) is 4.90 Å². The van der Waals surface area contributed by atoms with E-state index in [-0.39, 0.29) is 24.0 Å². The number of carbonyl (C=O) groups is 1. The standard InChI is InChI=1S/C18H23N5O2/c24-17-6-2-1-4-15(17)16-5-3-8-22(16)18(25)13-10-14(12-19-11-13)23-9-7-20-21-23/h7,9-12,15-17,24H,1-6,8H2/t15-,16-,17+/m1/s1. The molecule has 0 bridgehead atoms. The second kappa shape index (κ2) is 6.92. The lowest BCUT2D eigenvalue weighted by Crippen LogP contribution is -2.45. The van der Waals surface area contributed by atoms with Crippen LogP contribution in [0, 0.1) is 5.92 Å². The number of likely N-dealkylation sites (tertiary alicyclic amines) is 1. The lowest BCUT2D eigenvalue weighted by molar-refractivity contribution is 0.0211. The third kappa shape index (κ3) is 3.16. The number of carbonyl (C=O) groups excluding carboxylic acids is 1. The zero-order valence-electron chi connectivity index (χ0n) is 14.2. The normalized spacial score (nSPS) is 26.8. The predicted molar refractivity (Wildman–Crippen MR) is 91.2 cm³/mol. The van der Waals surface area contributed by atoms with E-state index in [0.29, 0.717) is 5.56 Å². The predicted octanol–water partition coefficient (Wildman–Crippen LogP) is 1.82. The highest BCUT2D eigenvalue weighted by atomic mass is 16.3. The summed E-state index contributed by atoms with van der Waals surface area (Å²) in [7, 11) is 0. The van der Waals surface area contributed by atoms with Gasteiger partial charge < -0.3 is 10.0 Å². The van der Waals surface area contributed by atoms with Gasteiger partial charge in [0.25, 0.3) is 5.91 Å². The number of aromatic nitrogens is 4. The molecule has 7 heteroatoms. The Bertz CT molecular complexity index is 733. The number of hydrogen-bond acceptors (Lipinski definition) is 5. The zero-order valence-corrected chi connectivity index (χ0v) is 14.2. The molecule has 0 spiro atoms. The minimum atomic E-state index is -0.285. The van der Waals surface area contributed by atoms with Gasteiger partial charge in [-0.15, -0.1) is 5.10 Å². The highest BCUT2D eigenvalue weighted by molar-refractivity contribution is 5.94. The molecular formula is C18H23N5O2. The molecule has 132 valence electrons. The van der Waals surface area contributed by atoms with Crippen molar-refractivity contribution in [3.63, 3.8) is 0 Å². The van der Waals surface area contributed by atoms with Gasteiger partial charge in [-0.1, -0.05) is 18.1 Å². The van der Waals surface area contributed by atoms with Crippen LogP contribution >= 0.6 is 0 Å². The first-order valence-corrected chi connectivity index (χ1v) is 9.05. The first kappa shape index (κ1) is 16.2. The minimum absolute atomic E-state index is 0.00487. The quantitative estimate of drug-likeness (QED) is 0.920. The summed E-state index contributed by atoms with van der Waals surface area (Å²) in [4.78, 5) is 19.2. The molecule has 3 heterocycles. The van der Waals surface area contributed by atoms with Gasteiger partial charge in [-0.2, -0.15) is 0 Å². The number of amides is 1. The van der Waals surface area contributed by atoms with E-state index in [2.05, 4.69) is 15.3 Å². The van der Waals surface area contributed by atoms with Gasteiger partial charge in [0.1, 0.15) is 0 Å². The van der Waals surface area contributed by atoms with Gasteiger partial charge in [0.05, 0.1) is 35.9 Å². The van der Waals surface area contributed by atoms with Crippen molar-refractivity contribution in [2.24, 2.45) is 5.92 Å². The van der Waals surface area contributed by atoms with Crippen molar-refractivity contribution in [3.05, 3.63) is 36.4 Å². The maximum Gasteiger partial charge on any atom is 0.255 e. The molecule has 2 aromatic heterocycles. The average molecular weight is 341 g/mol. The van der Waals surface area contributed by atoms with Crippen LogP contribution in [-0.4, -0.2) is 54.6 Å². The number of aliphatic hydroxyl groups is 1. The molecule has 1 saturated carbocycles. The van der Waals surface area contributed by atoms with Crippen LogP contribution in [0.15, 0.2) is 30.9 Å². The van der Waals surface area contributed by atoms with Crippen molar-refractivity contribution < 1.29 is 9.90 Å². The number of hydrogen-bond donors (Lipinski definition) is 1. The van der Waals surface area contributed by atoms with Crippen LogP contribution in [0.5, 0.6) is 0 Å². The van der Waals surface area contributed by atoms with E-state index in [0.717, 1.165) is 50.8 Å². The van der Waals surface area contributed by atoms with Crippen molar-refractivity contribution in [3.8, 4) is 5.69 Å². The zero-order chi connectivity index (χ0) is 17.2. The third-order valence-corrected chi connectivity index (χ3v) is 5.49. The van der Waals surface area contributed by atoms with E-state index in [4.69, 9.17) is 0 Å². The fraction of sp³-hybridized carbons (Fsp3) is 0.556. The highest BCUT2D eigenvalue weighted by Crippen LogP contribution is 2.35. The van der Waals surface area contributed by atoms with Crippen molar-refractivity contribution >= 4 is 5.91 Å². The summed E-state index contributed by atoms with van der Waals surface area (Å²) >= 11 is 0. The Labute approximate surface area is 146 Å². The molecule has 0 unspecified atom stereocenters. The topological polar surface area (TPSA) is 84.1 Å². The van der Waals surface area contributed by atoms with Gasteiger partial charge in [0, 0.05) is 24.7 Å². The minimum Gasteiger partial charge on any atom is -0.393 e. The first-order chi connectivity index (χ1) is 12.2. The summed E-state index contributed by atoms with van der Waals surface area (Å²) in [6, 6.07) is 1.94. The molecule has 0 radical (unpaired) electrons. The first-order valence-electron chi connectivity index (χ1n) is 9.05. The number of nitrogens with zero attached hydrogens (tertiary/aromatic N) is 5. The van der Waals surface area contributed by atoms with Crippen molar-refractivity contribution in [1.82, 2.24) is 24.9 Å². The van der Waals surface area contributed by atoms with Crippen LogP contribution < -0.4 is 0 Å². The second-order valence-corrected chi connectivity index (χ2v) is 7.00. The molecule has 2 aliphatic rings. The van der Waals surface area contributed by atoms with Crippen LogP contribution in [0.4, 0.5) is 0 Å². The van der Waals surface area contributed by atoms with E-state index in [1.54, 1.807) is 35.5 Å². The Kier molecular flexibility index (Phi) is 4.48. The molecule has 0 aromatic carbocycles. The maximum absolute atomic E-state index is 13.1. The Morgan fingerprint density at radius 1 is 1.16 bits per heavy atom. The molecule has 3 atom stereocenters. The van der Waals surface area contributed by atoms with Crippen LogP contribution in [0.25, 0.3) is 5.69 Å². The molecule has 1 N–H and O–H groups in total. The molecule has 1 aliphatic carbocycles. The molecule has 2 aromatic rings. The largest absolute Gasteiger partial charge is 0.393 e. The fourth-order valence-corrected chi connectivity index (χ4v) is 4.26. The van der Waals surface area contributed by atoms with Crippen molar-refractivity contribution in [2.75, 3.05) is 6.54 Å². The van der Waals surface area contributed by atoms with E-state index in [9.17, 15) is 9.90 Å². The molecule has 4 rings (SSSR count). The van der Waals surface area contributed by atoms with Gasteiger partial charge in [0.15, 0.2) is 0 Å². The van der Waals surface area contributed by atoms with Gasteiger partial charge >= 0.3 is 0 Å². The SMILES string of the molecule is O=C(c1cncc(-n2ccnn2)c1)N1CCC[C@@H]1[C@H]1CCCC[C@@H]1O. The Balaban J connectivity index is 1.56. The Morgan fingerprint density at radius 3 is 2.84 bits per heavy atom. The third-order valence-electron chi connectivity index (χ3n) is 5.49. The van der Waals surface area contributed by atoms with E-state index < -0.39 is 0 Å². The van der Waals surface area contributed by atoms with Gasteiger partial charge in [-0.25, -0.2) is 4.68 Å². The van der Waals surface area contributed by atoms with E-state index >= 15 is 0 Å². The molecule has 7 nitrogen and oxygen atoms in total. The second-order valence-electron chi connectivity index (χ2n) is 7.00. The van der Waals surface area contributed by atoms with Crippen molar-refractivity contribution in [2.45, 2.75) is 50.7 Å². The molecule has 25 heavy (non-hydrogen) atoms. The lowest BCUT2D eigenvalue weighted by atomic mass is 9.80. The van der Waals surface area contributed by atoms with Gasteiger partial charge in [0.2, 0.25) is 0 Å². The van der Waals surface area contributed by atoms with Crippen molar-refractivity contribution in [1.29, 1.82) is 0 Å². The molecule has 1 amide bonds. The number of rotatable bonds is 3. The number of pyridine rings is 1. The average Bonchev–Trinajstić information content (AvgIpc) is 3.33. The molecule has 2 fully saturated rings. The highest BCUT2D eigenvalue weighted by Gasteiger charge is 2.39. The van der Waals surface area contributed by atoms with E-state index in [1.165, 1.54) is 0 Å². The summed E-state index contributed by atoms with van der Waals surface area (Å²) in [6.45, 7) is 0.750. The van der Waals surface area contributed by atoms with Crippen LogP contribution in [0.1, 0.15) is 48.9 Å². The Morgan fingerprint density at radius 2 is 2.04 bits per heavy atom. The number of aliphatic hydroxyl groups excluding tert-OH is 1. The van der Waals surface area contributed by atoms with Gasteiger partial charge in [-0.05, 0) is 31.7 Å². The van der Waals surface area contributed by atoms with Crippen LogP contribution in [0.2, 0.25) is 0 Å². The summed E-state index contributed by atoms with van der Waals surface area (Å²) in [5.74, 6) is 0.196. The van der Waals surface area contributed by atoms with Crippen LogP contribution in [-0.2, 0) is 0 Å². The summed E-state index contributed by atoms with van der Waals surface area (Å²) in [6.07, 6.45) is 12.4. The van der Waals surface area contributed by atoms with Crippen LogP contribution in [0.3, 0.4) is 0 Å². The molecular weight excluding hydrogens is 318 g/mol. The smallest absolute Gasteiger partial charge is 0.255 e. The fourth-order valence-electron chi connectivity index (χ4n) is 4.26. The Hall–Kier alpha value is -2.28. The summed E-state index contributed by atoms with van der Waals surface area (Å²) < 4.78 is 1.59. The summed E-state index contributed by atoms with van der Waals surface area (Å²) in [5, 5.41) is 18.1. The maximum atomic E-state index is 13.1. The lowest BCUT2D eigenvalue weighted by Gasteiger charge is -2.37.